The Morgan fingerprint density at radius 3 is 2.70 bits per heavy atom. The fourth-order valence-electron chi connectivity index (χ4n) is 2.38. The third-order valence-corrected chi connectivity index (χ3v) is 4.62. The van der Waals surface area contributed by atoms with E-state index in [4.69, 9.17) is 15.9 Å². The van der Waals surface area contributed by atoms with Gasteiger partial charge in [-0.1, -0.05) is 29.7 Å². The van der Waals surface area contributed by atoms with Crippen molar-refractivity contribution in [3.05, 3.63) is 58.5 Å². The number of carbonyl (C=O) groups is 1. The molecule has 5 nitrogen and oxygen atoms in total. The van der Waals surface area contributed by atoms with Crippen molar-refractivity contribution in [2.75, 3.05) is 13.7 Å². The molecule has 27 heavy (non-hydrogen) atoms. The van der Waals surface area contributed by atoms with E-state index in [0.717, 1.165) is 16.8 Å². The summed E-state index contributed by atoms with van der Waals surface area (Å²) in [6.07, 6.45) is 7.00. The Morgan fingerprint density at radius 2 is 2.00 bits per heavy atom. The van der Waals surface area contributed by atoms with Crippen LogP contribution in [0.2, 0.25) is 0 Å². The second-order valence-corrected chi connectivity index (χ2v) is 6.75. The van der Waals surface area contributed by atoms with Gasteiger partial charge < -0.3 is 14.8 Å². The normalized spacial score (nSPS) is 16.3. The second kappa shape index (κ2) is 8.47. The van der Waals surface area contributed by atoms with Crippen LogP contribution in [0.3, 0.4) is 0 Å². The van der Waals surface area contributed by atoms with E-state index in [0.29, 0.717) is 21.6 Å². The quantitative estimate of drug-likeness (QED) is 0.633. The maximum Gasteiger partial charge on any atom is 0.264 e. The molecule has 1 heterocycles. The molecule has 1 amide bonds. The van der Waals surface area contributed by atoms with Crippen molar-refractivity contribution in [2.24, 2.45) is 4.99 Å². The summed E-state index contributed by atoms with van der Waals surface area (Å²) in [5.74, 6) is 3.34. The molecule has 6 heteroatoms. The smallest absolute Gasteiger partial charge is 0.264 e. The average molecular weight is 378 g/mol. The Bertz CT molecular complexity index is 956. The molecule has 1 aliphatic heterocycles. The number of nitrogens with zero attached hydrogens (tertiary/aromatic N) is 1. The van der Waals surface area contributed by atoms with Crippen LogP contribution in [0.1, 0.15) is 11.1 Å². The zero-order valence-electron chi connectivity index (χ0n) is 15.0. The van der Waals surface area contributed by atoms with Gasteiger partial charge >= 0.3 is 0 Å². The molecule has 0 radical (unpaired) electrons. The third kappa shape index (κ3) is 4.72. The molecule has 2 aromatic rings. The Labute approximate surface area is 162 Å². The van der Waals surface area contributed by atoms with Gasteiger partial charge in [0.2, 0.25) is 0 Å². The summed E-state index contributed by atoms with van der Waals surface area (Å²) in [6.45, 7) is 2.18. The van der Waals surface area contributed by atoms with Crippen LogP contribution in [0.5, 0.6) is 11.5 Å². The number of thioether (sulfide) groups is 1. The van der Waals surface area contributed by atoms with Gasteiger partial charge in [0.15, 0.2) is 16.7 Å². The van der Waals surface area contributed by atoms with Crippen LogP contribution in [0, 0.1) is 19.3 Å². The van der Waals surface area contributed by atoms with Crippen LogP contribution in [0.15, 0.2) is 52.4 Å². The number of nitrogens with one attached hydrogen (secondary N) is 1. The van der Waals surface area contributed by atoms with Gasteiger partial charge in [-0.2, -0.15) is 0 Å². The first-order valence-electron chi connectivity index (χ1n) is 8.19. The van der Waals surface area contributed by atoms with Gasteiger partial charge in [0.05, 0.1) is 17.7 Å². The van der Waals surface area contributed by atoms with E-state index in [-0.39, 0.29) is 12.5 Å². The number of rotatable bonds is 5. The van der Waals surface area contributed by atoms with Gasteiger partial charge in [-0.3, -0.25) is 4.79 Å². The van der Waals surface area contributed by atoms with E-state index >= 15 is 0 Å². The summed E-state index contributed by atoms with van der Waals surface area (Å²) in [5, 5.41) is 3.33. The summed E-state index contributed by atoms with van der Waals surface area (Å²) in [7, 11) is 1.55. The molecule has 1 fully saturated rings. The van der Waals surface area contributed by atoms with E-state index in [1.54, 1.807) is 25.3 Å². The SMILES string of the molecule is C#CCOc1ccc(/C=C2\SC(=Nc3ccc(C)cc3)NC2=O)cc1OC. The van der Waals surface area contributed by atoms with Gasteiger partial charge in [0.25, 0.3) is 5.91 Å². The number of ether oxygens (including phenoxy) is 2. The van der Waals surface area contributed by atoms with Gasteiger partial charge in [-0.05, 0) is 54.6 Å². The maximum atomic E-state index is 12.2. The van der Waals surface area contributed by atoms with Crippen LogP contribution in [0.25, 0.3) is 6.08 Å². The minimum Gasteiger partial charge on any atom is -0.493 e. The average Bonchev–Trinajstić information content (AvgIpc) is 3.01. The lowest BCUT2D eigenvalue weighted by molar-refractivity contribution is -0.115. The number of hydrogen-bond donors (Lipinski definition) is 1. The molecule has 2 aromatic carbocycles. The molecule has 0 aliphatic carbocycles. The molecule has 136 valence electrons. The second-order valence-electron chi connectivity index (χ2n) is 5.72. The van der Waals surface area contributed by atoms with Crippen LogP contribution in [-0.2, 0) is 4.79 Å². The molecular formula is C21H18N2O3S. The molecule has 0 unspecified atom stereocenters. The first kappa shape index (κ1) is 18.6. The molecular weight excluding hydrogens is 360 g/mol. The summed E-state index contributed by atoms with van der Waals surface area (Å²) < 4.78 is 10.8. The predicted octanol–water partition coefficient (Wildman–Crippen LogP) is 3.91. The van der Waals surface area contributed by atoms with Gasteiger partial charge in [-0.25, -0.2) is 4.99 Å². The first-order chi connectivity index (χ1) is 13.1. The number of hydrogen-bond acceptors (Lipinski definition) is 5. The monoisotopic (exact) mass is 378 g/mol. The lowest BCUT2D eigenvalue weighted by Crippen LogP contribution is -2.19. The maximum absolute atomic E-state index is 12.2. The Balaban J connectivity index is 1.80. The van der Waals surface area contributed by atoms with Crippen molar-refractivity contribution in [3.63, 3.8) is 0 Å². The minimum atomic E-state index is -0.183. The highest BCUT2D eigenvalue weighted by Crippen LogP contribution is 2.32. The highest BCUT2D eigenvalue weighted by Gasteiger charge is 2.24. The topological polar surface area (TPSA) is 59.9 Å². The predicted molar refractivity (Wildman–Crippen MR) is 109 cm³/mol. The summed E-state index contributed by atoms with van der Waals surface area (Å²) in [5.41, 5.74) is 2.77. The molecule has 1 N–H and O–H groups in total. The standard InChI is InChI=1S/C21H18N2O3S/c1-4-11-26-17-10-7-15(12-18(17)25-3)13-19-20(24)23-21(27-19)22-16-8-5-14(2)6-9-16/h1,5-10,12-13H,11H2,2-3H3,(H,22,23,24)/b19-13-. The fraction of sp³-hybridized carbons (Fsp3) is 0.143. The van der Waals surface area contributed by atoms with Crippen molar-refractivity contribution >= 4 is 34.6 Å². The zero-order valence-corrected chi connectivity index (χ0v) is 15.8. The molecule has 3 rings (SSSR count). The minimum absolute atomic E-state index is 0.161. The molecule has 0 atom stereocenters. The number of amides is 1. The molecule has 1 saturated heterocycles. The number of aliphatic imine (C=N–C) groups is 1. The van der Waals surface area contributed by atoms with E-state index < -0.39 is 0 Å². The molecule has 0 saturated carbocycles. The number of methoxy groups -OCH3 is 1. The Kier molecular flexibility index (Phi) is 5.84. The van der Waals surface area contributed by atoms with E-state index in [1.165, 1.54) is 11.8 Å². The molecule has 0 aromatic heterocycles. The number of benzene rings is 2. The zero-order chi connectivity index (χ0) is 19.2. The van der Waals surface area contributed by atoms with Crippen molar-refractivity contribution in [1.82, 2.24) is 5.32 Å². The lowest BCUT2D eigenvalue weighted by atomic mass is 10.2. The lowest BCUT2D eigenvalue weighted by Gasteiger charge is -2.09. The van der Waals surface area contributed by atoms with Crippen LogP contribution < -0.4 is 14.8 Å². The Morgan fingerprint density at radius 1 is 1.22 bits per heavy atom. The fourth-order valence-corrected chi connectivity index (χ4v) is 3.22. The van der Waals surface area contributed by atoms with Crippen molar-refractivity contribution in [2.45, 2.75) is 6.92 Å². The van der Waals surface area contributed by atoms with Crippen molar-refractivity contribution in [1.29, 1.82) is 0 Å². The highest BCUT2D eigenvalue weighted by molar-refractivity contribution is 8.18. The largest absolute Gasteiger partial charge is 0.493 e. The number of terminal acetylenes is 1. The summed E-state index contributed by atoms with van der Waals surface area (Å²) in [6, 6.07) is 13.2. The van der Waals surface area contributed by atoms with Crippen LogP contribution >= 0.6 is 11.8 Å². The van der Waals surface area contributed by atoms with Crippen molar-refractivity contribution in [3.8, 4) is 23.8 Å². The highest BCUT2D eigenvalue weighted by atomic mass is 32.2. The van der Waals surface area contributed by atoms with E-state index in [9.17, 15) is 4.79 Å². The number of aryl methyl sites for hydroxylation is 1. The van der Waals surface area contributed by atoms with Crippen LogP contribution in [0.4, 0.5) is 5.69 Å². The summed E-state index contributed by atoms with van der Waals surface area (Å²) >= 11 is 1.30. The molecule has 0 bridgehead atoms. The van der Waals surface area contributed by atoms with E-state index in [2.05, 4.69) is 16.2 Å². The number of amidine groups is 1. The van der Waals surface area contributed by atoms with Crippen LogP contribution in [-0.4, -0.2) is 24.8 Å². The third-order valence-electron chi connectivity index (χ3n) is 3.71. The van der Waals surface area contributed by atoms with Gasteiger partial charge in [0.1, 0.15) is 6.61 Å². The van der Waals surface area contributed by atoms with E-state index in [1.807, 2.05) is 37.3 Å². The summed E-state index contributed by atoms with van der Waals surface area (Å²) in [4.78, 5) is 17.3. The number of carbonyl (C=O) groups excluding carboxylic acids is 1. The Hall–Kier alpha value is -3.17. The van der Waals surface area contributed by atoms with Gasteiger partial charge in [0, 0.05) is 0 Å². The first-order valence-corrected chi connectivity index (χ1v) is 9.01. The molecule has 1 aliphatic rings. The van der Waals surface area contributed by atoms with Crippen molar-refractivity contribution < 1.29 is 14.3 Å². The molecule has 0 spiro atoms. The van der Waals surface area contributed by atoms with Gasteiger partial charge in [-0.15, -0.1) is 6.42 Å².